The number of amides is 1. The van der Waals surface area contributed by atoms with E-state index in [0.717, 1.165) is 16.6 Å². The molecule has 0 radical (unpaired) electrons. The molecule has 2 heterocycles. The van der Waals surface area contributed by atoms with Crippen LogP contribution in [0.25, 0.3) is 11.0 Å². The van der Waals surface area contributed by atoms with Crippen molar-refractivity contribution in [1.29, 1.82) is 0 Å². The summed E-state index contributed by atoms with van der Waals surface area (Å²) in [6.07, 6.45) is 2.46. The van der Waals surface area contributed by atoms with Crippen LogP contribution in [0.5, 0.6) is 11.5 Å². The standard InChI is InChI=1S/C20H19N3O3/c1-23-16-6-2-12(8-15(16)22-19(23)13-3-4-13)10-21-20(24)14-5-7-17-18(9-14)26-11-25-17/h2,5-9,13H,3-4,10-11H2,1H3,(H,21,24). The van der Waals surface area contributed by atoms with Gasteiger partial charge in [0.05, 0.1) is 11.0 Å². The van der Waals surface area contributed by atoms with E-state index in [9.17, 15) is 4.79 Å². The minimum atomic E-state index is -0.136. The van der Waals surface area contributed by atoms with Gasteiger partial charge < -0.3 is 19.4 Å². The molecule has 5 rings (SSSR count). The van der Waals surface area contributed by atoms with Crippen molar-refractivity contribution < 1.29 is 14.3 Å². The zero-order valence-electron chi connectivity index (χ0n) is 14.5. The molecule has 132 valence electrons. The normalized spacial score (nSPS) is 15.4. The third kappa shape index (κ3) is 2.58. The van der Waals surface area contributed by atoms with Gasteiger partial charge in [-0.25, -0.2) is 4.98 Å². The number of ether oxygens (including phenoxy) is 2. The number of hydrogen-bond donors (Lipinski definition) is 1. The second-order valence-corrected chi connectivity index (χ2v) is 6.88. The van der Waals surface area contributed by atoms with Crippen molar-refractivity contribution in [3.63, 3.8) is 0 Å². The van der Waals surface area contributed by atoms with Crippen LogP contribution < -0.4 is 14.8 Å². The van der Waals surface area contributed by atoms with E-state index < -0.39 is 0 Å². The van der Waals surface area contributed by atoms with Crippen LogP contribution in [0.1, 0.15) is 40.5 Å². The minimum Gasteiger partial charge on any atom is -0.454 e. The highest BCUT2D eigenvalue weighted by Crippen LogP contribution is 2.40. The summed E-state index contributed by atoms with van der Waals surface area (Å²) in [5, 5.41) is 2.96. The Balaban J connectivity index is 1.32. The van der Waals surface area contributed by atoms with Crippen LogP contribution in [0, 0.1) is 0 Å². The van der Waals surface area contributed by atoms with Crippen LogP contribution >= 0.6 is 0 Å². The molecule has 1 amide bonds. The highest BCUT2D eigenvalue weighted by atomic mass is 16.7. The Morgan fingerprint density at radius 1 is 1.19 bits per heavy atom. The van der Waals surface area contributed by atoms with E-state index in [1.54, 1.807) is 18.2 Å². The lowest BCUT2D eigenvalue weighted by Gasteiger charge is -2.06. The van der Waals surface area contributed by atoms with E-state index in [0.29, 0.717) is 29.5 Å². The number of imidazole rings is 1. The second-order valence-electron chi connectivity index (χ2n) is 6.88. The molecule has 0 saturated heterocycles. The van der Waals surface area contributed by atoms with Crippen molar-refractivity contribution in [2.24, 2.45) is 7.05 Å². The number of nitrogens with one attached hydrogen (secondary N) is 1. The van der Waals surface area contributed by atoms with Crippen LogP contribution in [-0.2, 0) is 13.6 Å². The molecule has 1 saturated carbocycles. The Bertz CT molecular complexity index is 1020. The predicted octanol–water partition coefficient (Wildman–Crippen LogP) is 3.11. The highest BCUT2D eigenvalue weighted by Gasteiger charge is 2.28. The average molecular weight is 349 g/mol. The quantitative estimate of drug-likeness (QED) is 0.786. The Morgan fingerprint density at radius 2 is 2.04 bits per heavy atom. The van der Waals surface area contributed by atoms with Gasteiger partial charge in [0.25, 0.3) is 5.91 Å². The first-order valence-electron chi connectivity index (χ1n) is 8.82. The van der Waals surface area contributed by atoms with Gasteiger partial charge in [0.2, 0.25) is 6.79 Å². The van der Waals surface area contributed by atoms with E-state index in [2.05, 4.69) is 29.1 Å². The number of aryl methyl sites for hydroxylation is 1. The number of carbonyl (C=O) groups excluding carboxylic acids is 1. The third-order valence-corrected chi connectivity index (χ3v) is 5.01. The number of benzene rings is 2. The number of aromatic nitrogens is 2. The molecule has 3 aromatic rings. The van der Waals surface area contributed by atoms with Gasteiger partial charge in [-0.2, -0.15) is 0 Å². The van der Waals surface area contributed by atoms with E-state index in [-0.39, 0.29) is 12.7 Å². The molecule has 0 atom stereocenters. The molecule has 0 unspecified atom stereocenters. The molecule has 1 fully saturated rings. The maximum absolute atomic E-state index is 12.4. The summed E-state index contributed by atoms with van der Waals surface area (Å²) < 4.78 is 12.8. The van der Waals surface area contributed by atoms with Crippen molar-refractivity contribution in [1.82, 2.24) is 14.9 Å². The van der Waals surface area contributed by atoms with Crippen LogP contribution in [0.3, 0.4) is 0 Å². The molecule has 1 aliphatic carbocycles. The lowest BCUT2D eigenvalue weighted by atomic mass is 10.1. The Kier molecular flexibility index (Phi) is 3.38. The Hall–Kier alpha value is -3.02. The first kappa shape index (κ1) is 15.3. The zero-order valence-corrected chi connectivity index (χ0v) is 14.5. The molecule has 6 heteroatoms. The van der Waals surface area contributed by atoms with Gasteiger partial charge in [-0.3, -0.25) is 4.79 Å². The van der Waals surface area contributed by atoms with Crippen molar-refractivity contribution >= 4 is 16.9 Å². The van der Waals surface area contributed by atoms with Gasteiger partial charge in [-0.15, -0.1) is 0 Å². The van der Waals surface area contributed by atoms with Crippen molar-refractivity contribution in [3.8, 4) is 11.5 Å². The lowest BCUT2D eigenvalue weighted by molar-refractivity contribution is 0.0950. The molecule has 1 N–H and O–H groups in total. The lowest BCUT2D eigenvalue weighted by Crippen LogP contribution is -2.22. The van der Waals surface area contributed by atoms with Gasteiger partial charge >= 0.3 is 0 Å². The van der Waals surface area contributed by atoms with Gasteiger partial charge in [0, 0.05) is 25.1 Å². The van der Waals surface area contributed by atoms with Crippen LogP contribution in [0.2, 0.25) is 0 Å². The van der Waals surface area contributed by atoms with Crippen LogP contribution in [-0.4, -0.2) is 22.3 Å². The monoisotopic (exact) mass is 349 g/mol. The van der Waals surface area contributed by atoms with E-state index in [1.165, 1.54) is 18.7 Å². The van der Waals surface area contributed by atoms with Crippen molar-refractivity contribution in [2.45, 2.75) is 25.3 Å². The molecule has 0 spiro atoms. The van der Waals surface area contributed by atoms with Gasteiger partial charge in [-0.05, 0) is 48.7 Å². The summed E-state index contributed by atoms with van der Waals surface area (Å²) in [5.74, 6) is 2.93. The number of rotatable bonds is 4. The largest absolute Gasteiger partial charge is 0.454 e. The predicted molar refractivity (Wildman–Crippen MR) is 96.4 cm³/mol. The first-order valence-corrected chi connectivity index (χ1v) is 8.82. The molecular weight excluding hydrogens is 330 g/mol. The Labute approximate surface area is 150 Å². The van der Waals surface area contributed by atoms with Crippen LogP contribution in [0.15, 0.2) is 36.4 Å². The summed E-state index contributed by atoms with van der Waals surface area (Å²) in [6.45, 7) is 0.659. The SMILES string of the molecule is Cn1c(C2CC2)nc2cc(CNC(=O)c3ccc4c(c3)OCO4)ccc21. The molecular formula is C20H19N3O3. The van der Waals surface area contributed by atoms with Gasteiger partial charge in [-0.1, -0.05) is 6.07 Å². The highest BCUT2D eigenvalue weighted by molar-refractivity contribution is 5.95. The number of carbonyl (C=O) groups is 1. The fourth-order valence-corrected chi connectivity index (χ4v) is 3.40. The fourth-order valence-electron chi connectivity index (χ4n) is 3.40. The van der Waals surface area contributed by atoms with Crippen LogP contribution in [0.4, 0.5) is 0 Å². The van der Waals surface area contributed by atoms with Crippen molar-refractivity contribution in [3.05, 3.63) is 53.3 Å². The molecule has 1 aromatic heterocycles. The fraction of sp³-hybridized carbons (Fsp3) is 0.300. The summed E-state index contributed by atoms with van der Waals surface area (Å²) in [7, 11) is 2.07. The third-order valence-electron chi connectivity index (χ3n) is 5.01. The van der Waals surface area contributed by atoms with Gasteiger partial charge in [0.1, 0.15) is 5.82 Å². The summed E-state index contributed by atoms with van der Waals surface area (Å²) in [4.78, 5) is 17.2. The second kappa shape index (κ2) is 5.76. The molecule has 1 aliphatic heterocycles. The van der Waals surface area contributed by atoms with Crippen molar-refractivity contribution in [2.75, 3.05) is 6.79 Å². The maximum Gasteiger partial charge on any atom is 0.251 e. The smallest absolute Gasteiger partial charge is 0.251 e. The summed E-state index contributed by atoms with van der Waals surface area (Å²) in [5.41, 5.74) is 3.72. The van der Waals surface area contributed by atoms with E-state index in [1.807, 2.05) is 6.07 Å². The molecule has 2 aliphatic rings. The Morgan fingerprint density at radius 3 is 2.88 bits per heavy atom. The number of nitrogens with zero attached hydrogens (tertiary/aromatic N) is 2. The molecule has 6 nitrogen and oxygen atoms in total. The van der Waals surface area contributed by atoms with E-state index >= 15 is 0 Å². The number of fused-ring (bicyclic) bond motifs is 2. The summed E-state index contributed by atoms with van der Waals surface area (Å²) >= 11 is 0. The maximum atomic E-state index is 12.4. The average Bonchev–Trinajstić information content (AvgIpc) is 3.30. The van der Waals surface area contributed by atoms with Gasteiger partial charge in [0.15, 0.2) is 11.5 Å². The van der Waals surface area contributed by atoms with E-state index in [4.69, 9.17) is 14.5 Å². The summed E-state index contributed by atoms with van der Waals surface area (Å²) in [6, 6.07) is 11.4. The molecule has 2 aromatic carbocycles. The number of hydrogen-bond acceptors (Lipinski definition) is 4. The first-order chi connectivity index (χ1) is 12.7. The molecule has 26 heavy (non-hydrogen) atoms. The zero-order chi connectivity index (χ0) is 17.7. The topological polar surface area (TPSA) is 65.4 Å². The molecule has 0 bridgehead atoms. The minimum absolute atomic E-state index is 0.136.